The second kappa shape index (κ2) is 8.43. The molecule has 1 aliphatic rings. The van der Waals surface area contributed by atoms with Crippen LogP contribution in [0.2, 0.25) is 0 Å². The van der Waals surface area contributed by atoms with Crippen molar-refractivity contribution >= 4 is 10.0 Å². The third kappa shape index (κ3) is 5.28. The third-order valence-electron chi connectivity index (χ3n) is 4.54. The molecule has 0 amide bonds. The average molecular weight is 355 g/mol. The fourth-order valence-corrected chi connectivity index (χ4v) is 4.86. The lowest BCUT2D eigenvalue weighted by Crippen LogP contribution is -2.38. The van der Waals surface area contributed by atoms with Gasteiger partial charge in [0, 0.05) is 19.6 Å². The number of morpholine rings is 1. The van der Waals surface area contributed by atoms with E-state index in [0.29, 0.717) is 17.4 Å². The zero-order valence-electron chi connectivity index (χ0n) is 15.3. The summed E-state index contributed by atoms with van der Waals surface area (Å²) in [5.41, 5.74) is 2.70. The summed E-state index contributed by atoms with van der Waals surface area (Å²) in [7, 11) is -3.46. The molecule has 0 aliphatic carbocycles. The van der Waals surface area contributed by atoms with E-state index in [2.05, 4.69) is 16.5 Å². The number of nitrogens with one attached hydrogen (secondary N) is 1. The lowest BCUT2D eigenvalue weighted by Gasteiger charge is -2.27. The Kier molecular flexibility index (Phi) is 6.80. The summed E-state index contributed by atoms with van der Waals surface area (Å²) in [5.74, 6) is 0.300. The van der Waals surface area contributed by atoms with Crippen LogP contribution in [-0.4, -0.2) is 52.7 Å². The van der Waals surface area contributed by atoms with Gasteiger partial charge in [-0.1, -0.05) is 24.6 Å². The van der Waals surface area contributed by atoms with E-state index >= 15 is 0 Å². The average Bonchev–Trinajstić information content (AvgIpc) is 2.50. The van der Waals surface area contributed by atoms with Crippen LogP contribution in [0.3, 0.4) is 0 Å². The van der Waals surface area contributed by atoms with Gasteiger partial charge in [0.15, 0.2) is 0 Å². The molecule has 2 rings (SSSR count). The maximum Gasteiger partial charge on any atom is 0.241 e. The number of sulfonamides is 1. The molecule has 5 nitrogen and oxygen atoms in total. The molecule has 6 heteroatoms. The highest BCUT2D eigenvalue weighted by molar-refractivity contribution is 7.89. The van der Waals surface area contributed by atoms with E-state index in [1.807, 2.05) is 32.9 Å². The number of hydrogen-bond acceptors (Lipinski definition) is 4. The third-order valence-corrected chi connectivity index (χ3v) is 6.27. The normalized spacial score (nSPS) is 17.8. The van der Waals surface area contributed by atoms with Gasteiger partial charge in [-0.3, -0.25) is 4.90 Å². The summed E-state index contributed by atoms with van der Waals surface area (Å²) in [6.45, 7) is 12.8. The molecule has 1 unspecified atom stereocenters. The van der Waals surface area contributed by atoms with Crippen molar-refractivity contribution in [3.63, 3.8) is 0 Å². The lowest BCUT2D eigenvalue weighted by atomic mass is 10.1. The summed E-state index contributed by atoms with van der Waals surface area (Å²) in [6, 6.07) is 3.84. The van der Waals surface area contributed by atoms with Gasteiger partial charge in [0.2, 0.25) is 10.0 Å². The maximum atomic E-state index is 12.7. The highest BCUT2D eigenvalue weighted by atomic mass is 32.2. The van der Waals surface area contributed by atoms with Gasteiger partial charge >= 0.3 is 0 Å². The minimum atomic E-state index is -3.46. The number of nitrogens with zero attached hydrogens (tertiary/aromatic N) is 1. The Morgan fingerprint density at radius 3 is 2.33 bits per heavy atom. The smallest absolute Gasteiger partial charge is 0.241 e. The Hall–Kier alpha value is -0.950. The van der Waals surface area contributed by atoms with Gasteiger partial charge in [0.1, 0.15) is 0 Å². The van der Waals surface area contributed by atoms with Gasteiger partial charge in [-0.2, -0.15) is 0 Å². The predicted molar refractivity (Wildman–Crippen MR) is 96.9 cm³/mol. The van der Waals surface area contributed by atoms with Crippen LogP contribution in [0.1, 0.15) is 30.0 Å². The summed E-state index contributed by atoms with van der Waals surface area (Å²) < 4.78 is 33.5. The van der Waals surface area contributed by atoms with Crippen LogP contribution >= 0.6 is 0 Å². The molecule has 1 heterocycles. The van der Waals surface area contributed by atoms with E-state index in [-0.39, 0.29) is 0 Å². The molecular weight excluding hydrogens is 324 g/mol. The number of aryl methyl sites for hydroxylation is 3. The van der Waals surface area contributed by atoms with Gasteiger partial charge in [0.25, 0.3) is 0 Å². The second-order valence-electron chi connectivity index (χ2n) is 6.93. The second-order valence-corrected chi connectivity index (χ2v) is 8.63. The number of ether oxygens (including phenoxy) is 1. The number of hydrogen-bond donors (Lipinski definition) is 1. The van der Waals surface area contributed by atoms with Crippen LogP contribution in [0.15, 0.2) is 17.0 Å². The van der Waals surface area contributed by atoms with E-state index in [1.54, 1.807) is 0 Å². The van der Waals surface area contributed by atoms with E-state index in [9.17, 15) is 8.42 Å². The first-order valence-electron chi connectivity index (χ1n) is 8.67. The van der Waals surface area contributed by atoms with Crippen LogP contribution in [0.25, 0.3) is 0 Å². The van der Waals surface area contributed by atoms with Crippen LogP contribution in [0, 0.1) is 26.7 Å². The summed E-state index contributed by atoms with van der Waals surface area (Å²) in [6.07, 6.45) is 0.981. The standard InChI is InChI=1S/C18H30N2O3S/c1-14(5-6-20-7-9-23-10-8-20)13-19-24(21,22)18-16(3)11-15(2)12-17(18)4/h11-12,14,19H,5-10,13H2,1-4H3. The maximum absolute atomic E-state index is 12.7. The Morgan fingerprint density at radius 2 is 1.75 bits per heavy atom. The van der Waals surface area contributed by atoms with Gasteiger partial charge in [-0.05, 0) is 50.8 Å². The molecule has 1 aliphatic heterocycles. The van der Waals surface area contributed by atoms with Crippen molar-refractivity contribution in [2.45, 2.75) is 39.0 Å². The Morgan fingerprint density at radius 1 is 1.17 bits per heavy atom. The van der Waals surface area contributed by atoms with Crippen molar-refractivity contribution in [3.05, 3.63) is 28.8 Å². The summed E-state index contributed by atoms with van der Waals surface area (Å²) >= 11 is 0. The Labute approximate surface area is 146 Å². The quantitative estimate of drug-likeness (QED) is 0.816. The van der Waals surface area contributed by atoms with Crippen molar-refractivity contribution < 1.29 is 13.2 Å². The monoisotopic (exact) mass is 354 g/mol. The summed E-state index contributed by atoms with van der Waals surface area (Å²) in [4.78, 5) is 2.80. The first kappa shape index (κ1) is 19.4. The molecule has 1 N–H and O–H groups in total. The van der Waals surface area contributed by atoms with Crippen molar-refractivity contribution in [2.24, 2.45) is 5.92 Å². The highest BCUT2D eigenvalue weighted by Gasteiger charge is 2.20. The van der Waals surface area contributed by atoms with Crippen molar-refractivity contribution in [2.75, 3.05) is 39.4 Å². The SMILES string of the molecule is Cc1cc(C)c(S(=O)(=O)NCC(C)CCN2CCOCC2)c(C)c1. The fourth-order valence-electron chi connectivity index (χ4n) is 3.24. The molecule has 0 spiro atoms. The minimum Gasteiger partial charge on any atom is -0.379 e. The van der Waals surface area contributed by atoms with Gasteiger partial charge < -0.3 is 4.74 Å². The molecule has 0 bridgehead atoms. The van der Waals surface area contributed by atoms with Gasteiger partial charge in [-0.15, -0.1) is 0 Å². The van der Waals surface area contributed by atoms with Gasteiger partial charge in [-0.25, -0.2) is 13.1 Å². The zero-order valence-corrected chi connectivity index (χ0v) is 16.1. The molecule has 1 aromatic carbocycles. The van der Waals surface area contributed by atoms with E-state index < -0.39 is 10.0 Å². The van der Waals surface area contributed by atoms with E-state index in [4.69, 9.17) is 4.74 Å². The van der Waals surface area contributed by atoms with Crippen LogP contribution < -0.4 is 4.72 Å². The molecule has 136 valence electrons. The van der Waals surface area contributed by atoms with Crippen molar-refractivity contribution in [1.29, 1.82) is 0 Å². The van der Waals surface area contributed by atoms with Crippen LogP contribution in [0.5, 0.6) is 0 Å². The number of benzene rings is 1. The molecule has 1 atom stereocenters. The first-order chi connectivity index (χ1) is 11.3. The lowest BCUT2D eigenvalue weighted by molar-refractivity contribution is 0.0358. The fraction of sp³-hybridized carbons (Fsp3) is 0.667. The molecule has 0 saturated carbocycles. The van der Waals surface area contributed by atoms with E-state index in [0.717, 1.165) is 56.0 Å². The van der Waals surface area contributed by atoms with Crippen molar-refractivity contribution in [3.8, 4) is 0 Å². The first-order valence-corrected chi connectivity index (χ1v) is 10.2. The molecule has 0 radical (unpaired) electrons. The molecule has 1 saturated heterocycles. The molecule has 1 fully saturated rings. The highest BCUT2D eigenvalue weighted by Crippen LogP contribution is 2.21. The predicted octanol–water partition coefficient (Wildman–Crippen LogP) is 2.25. The van der Waals surface area contributed by atoms with Crippen LogP contribution in [0.4, 0.5) is 0 Å². The van der Waals surface area contributed by atoms with Crippen LogP contribution in [-0.2, 0) is 14.8 Å². The molecule has 1 aromatic rings. The Bertz CT molecular complexity index is 629. The molecule has 24 heavy (non-hydrogen) atoms. The Balaban J connectivity index is 1.90. The number of rotatable bonds is 7. The van der Waals surface area contributed by atoms with Gasteiger partial charge in [0.05, 0.1) is 18.1 Å². The largest absolute Gasteiger partial charge is 0.379 e. The minimum absolute atomic E-state index is 0.300. The molecular formula is C18H30N2O3S. The molecule has 0 aromatic heterocycles. The topological polar surface area (TPSA) is 58.6 Å². The van der Waals surface area contributed by atoms with Crippen molar-refractivity contribution in [1.82, 2.24) is 9.62 Å². The zero-order chi connectivity index (χ0) is 17.7. The van der Waals surface area contributed by atoms with E-state index in [1.165, 1.54) is 0 Å². The summed E-state index contributed by atoms with van der Waals surface area (Å²) in [5, 5.41) is 0.